The average molecular weight is 284 g/mol. The number of hydrogen-bond acceptors (Lipinski definition) is 3. The molecule has 0 saturated carbocycles. The molecule has 2 rings (SSSR count). The van der Waals surface area contributed by atoms with E-state index >= 15 is 0 Å². The Balaban J connectivity index is 2.70. The van der Waals surface area contributed by atoms with Crippen molar-refractivity contribution in [2.45, 2.75) is 0 Å². The van der Waals surface area contributed by atoms with Crippen molar-refractivity contribution >= 4 is 32.8 Å². The van der Waals surface area contributed by atoms with E-state index in [1.807, 2.05) is 0 Å². The number of rotatable bonds is 1. The molecule has 0 aliphatic carbocycles. The van der Waals surface area contributed by atoms with E-state index in [1.165, 1.54) is 25.4 Å². The number of carbonyl (C=O) groups excluding carboxylic acids is 1. The highest BCUT2D eigenvalue weighted by Crippen LogP contribution is 2.26. The van der Waals surface area contributed by atoms with Gasteiger partial charge in [-0.05, 0) is 28.1 Å². The smallest absolute Gasteiger partial charge is 0.340 e. The molecule has 0 aliphatic rings. The molecule has 82 valence electrons. The third-order valence-electron chi connectivity index (χ3n) is 2.17. The van der Waals surface area contributed by atoms with E-state index in [0.29, 0.717) is 20.9 Å². The van der Waals surface area contributed by atoms with Crippen molar-refractivity contribution in [2.24, 2.45) is 0 Å². The predicted molar refractivity (Wildman–Crippen MR) is 60.7 cm³/mol. The number of esters is 1. The first-order valence-corrected chi connectivity index (χ1v) is 5.25. The largest absolute Gasteiger partial charge is 0.465 e. The Morgan fingerprint density at radius 1 is 1.50 bits per heavy atom. The van der Waals surface area contributed by atoms with Gasteiger partial charge < -0.3 is 4.74 Å². The molecular weight excluding hydrogens is 277 g/mol. The van der Waals surface area contributed by atoms with Crippen LogP contribution in [0.2, 0.25) is 0 Å². The van der Waals surface area contributed by atoms with E-state index in [2.05, 4.69) is 25.7 Å². The molecule has 1 aromatic heterocycles. The quantitative estimate of drug-likeness (QED) is 0.756. The monoisotopic (exact) mass is 283 g/mol. The summed E-state index contributed by atoms with van der Waals surface area (Å²) >= 11 is 3.28. The predicted octanol–water partition coefficient (Wildman–Crippen LogP) is 2.92. The van der Waals surface area contributed by atoms with Crippen LogP contribution in [-0.2, 0) is 4.74 Å². The van der Waals surface area contributed by atoms with Crippen LogP contribution in [0.3, 0.4) is 0 Å². The lowest BCUT2D eigenvalue weighted by atomic mass is 10.1. The second-order valence-electron chi connectivity index (χ2n) is 3.14. The van der Waals surface area contributed by atoms with Gasteiger partial charge in [0.15, 0.2) is 0 Å². The van der Waals surface area contributed by atoms with E-state index in [0.717, 1.165) is 0 Å². The first kappa shape index (κ1) is 11.0. The Morgan fingerprint density at radius 3 is 2.94 bits per heavy atom. The molecular formula is C11H7BrFNO2. The molecule has 1 heterocycles. The van der Waals surface area contributed by atoms with Crippen molar-refractivity contribution in [1.82, 2.24) is 4.98 Å². The Bertz CT molecular complexity index is 571. The van der Waals surface area contributed by atoms with E-state index in [9.17, 15) is 9.18 Å². The number of hydrogen-bond donors (Lipinski definition) is 0. The summed E-state index contributed by atoms with van der Waals surface area (Å²) in [5, 5.41) is 0.671. The zero-order chi connectivity index (χ0) is 11.7. The summed E-state index contributed by atoms with van der Waals surface area (Å²) in [7, 11) is 1.30. The molecule has 3 nitrogen and oxygen atoms in total. The van der Waals surface area contributed by atoms with Crippen LogP contribution in [0.25, 0.3) is 10.9 Å². The summed E-state index contributed by atoms with van der Waals surface area (Å²) in [6, 6.07) is 4.19. The van der Waals surface area contributed by atoms with Gasteiger partial charge in [0.1, 0.15) is 5.82 Å². The van der Waals surface area contributed by atoms with Crippen molar-refractivity contribution < 1.29 is 13.9 Å². The number of carbonyl (C=O) groups is 1. The van der Waals surface area contributed by atoms with Crippen LogP contribution >= 0.6 is 15.9 Å². The first-order chi connectivity index (χ1) is 7.63. The van der Waals surface area contributed by atoms with Crippen LogP contribution in [0.5, 0.6) is 0 Å². The molecule has 0 N–H and O–H groups in total. The number of fused-ring (bicyclic) bond motifs is 1. The lowest BCUT2D eigenvalue weighted by molar-refractivity contribution is 0.0599. The maximum absolute atomic E-state index is 12.9. The standard InChI is InChI=1S/C11H7BrFNO2/c1-16-11(15)8-5-14-9-4-6(13)2-3-7(9)10(8)12/h2-5H,1H3. The number of nitrogens with zero attached hydrogens (tertiary/aromatic N) is 1. The molecule has 1 aromatic carbocycles. The second-order valence-corrected chi connectivity index (χ2v) is 3.93. The van der Waals surface area contributed by atoms with Gasteiger partial charge in [-0.2, -0.15) is 0 Å². The highest BCUT2D eigenvalue weighted by molar-refractivity contribution is 9.10. The molecule has 0 bridgehead atoms. The summed E-state index contributed by atoms with van der Waals surface area (Å²) in [6.45, 7) is 0. The molecule has 0 saturated heterocycles. The van der Waals surface area contributed by atoms with Crippen LogP contribution in [0.15, 0.2) is 28.9 Å². The molecule has 16 heavy (non-hydrogen) atoms. The highest BCUT2D eigenvalue weighted by Gasteiger charge is 2.13. The number of pyridine rings is 1. The van der Waals surface area contributed by atoms with Crippen LogP contribution in [0, 0.1) is 5.82 Å². The minimum atomic E-state index is -0.481. The first-order valence-electron chi connectivity index (χ1n) is 4.45. The molecule has 0 unspecified atom stereocenters. The molecule has 2 aromatic rings. The number of ether oxygens (including phenoxy) is 1. The van der Waals surface area contributed by atoms with Gasteiger partial charge in [-0.1, -0.05) is 0 Å². The second kappa shape index (κ2) is 4.17. The van der Waals surface area contributed by atoms with E-state index in [4.69, 9.17) is 0 Å². The average Bonchev–Trinajstić information content (AvgIpc) is 2.28. The van der Waals surface area contributed by atoms with Crippen molar-refractivity contribution in [1.29, 1.82) is 0 Å². The van der Waals surface area contributed by atoms with E-state index < -0.39 is 5.97 Å². The maximum atomic E-state index is 12.9. The minimum Gasteiger partial charge on any atom is -0.465 e. The van der Waals surface area contributed by atoms with E-state index in [1.54, 1.807) is 6.07 Å². The third kappa shape index (κ3) is 1.78. The van der Waals surface area contributed by atoms with Crippen LogP contribution in [0.1, 0.15) is 10.4 Å². The highest BCUT2D eigenvalue weighted by atomic mass is 79.9. The summed E-state index contributed by atoms with van der Waals surface area (Å²) in [5.41, 5.74) is 0.807. The van der Waals surface area contributed by atoms with Crippen molar-refractivity contribution in [3.8, 4) is 0 Å². The summed E-state index contributed by atoms with van der Waals surface area (Å²) < 4.78 is 18.1. The summed E-state index contributed by atoms with van der Waals surface area (Å²) in [4.78, 5) is 15.4. The van der Waals surface area contributed by atoms with Gasteiger partial charge in [0.25, 0.3) is 0 Å². The minimum absolute atomic E-state index is 0.321. The molecule has 0 aliphatic heterocycles. The number of aromatic nitrogens is 1. The Hall–Kier alpha value is -1.49. The topological polar surface area (TPSA) is 39.2 Å². The molecule has 0 spiro atoms. The van der Waals surface area contributed by atoms with Gasteiger partial charge >= 0.3 is 5.97 Å². The number of halogens is 2. The van der Waals surface area contributed by atoms with Crippen LogP contribution in [0.4, 0.5) is 4.39 Å². The van der Waals surface area contributed by atoms with E-state index in [-0.39, 0.29) is 5.82 Å². The molecule has 0 atom stereocenters. The van der Waals surface area contributed by atoms with Gasteiger partial charge in [0, 0.05) is 22.1 Å². The Kier molecular flexibility index (Phi) is 2.87. The van der Waals surface area contributed by atoms with Gasteiger partial charge in [0.2, 0.25) is 0 Å². The van der Waals surface area contributed by atoms with Crippen LogP contribution in [-0.4, -0.2) is 18.1 Å². The van der Waals surface area contributed by atoms with Gasteiger partial charge in [-0.3, -0.25) is 4.98 Å². The molecule has 0 fully saturated rings. The van der Waals surface area contributed by atoms with Crippen LogP contribution < -0.4 is 0 Å². The molecule has 0 radical (unpaired) electrons. The lowest BCUT2D eigenvalue weighted by Gasteiger charge is -2.05. The summed E-state index contributed by atoms with van der Waals surface area (Å²) in [6.07, 6.45) is 1.36. The fourth-order valence-corrected chi connectivity index (χ4v) is 1.98. The Morgan fingerprint density at radius 2 is 2.25 bits per heavy atom. The zero-order valence-corrected chi connectivity index (χ0v) is 9.92. The number of benzene rings is 1. The maximum Gasteiger partial charge on any atom is 0.340 e. The zero-order valence-electron chi connectivity index (χ0n) is 8.33. The fourth-order valence-electron chi connectivity index (χ4n) is 1.39. The SMILES string of the molecule is COC(=O)c1cnc2cc(F)ccc2c1Br. The lowest BCUT2D eigenvalue weighted by Crippen LogP contribution is -2.03. The third-order valence-corrected chi connectivity index (χ3v) is 3.03. The van der Waals surface area contributed by atoms with Gasteiger partial charge in [0.05, 0.1) is 18.2 Å². The Labute approximate surface area is 99.4 Å². The van der Waals surface area contributed by atoms with Gasteiger partial charge in [-0.15, -0.1) is 0 Å². The normalized spacial score (nSPS) is 10.4. The van der Waals surface area contributed by atoms with Crippen molar-refractivity contribution in [2.75, 3.05) is 7.11 Å². The van der Waals surface area contributed by atoms with Crippen molar-refractivity contribution in [3.05, 3.63) is 40.2 Å². The molecule has 0 amide bonds. The van der Waals surface area contributed by atoms with Crippen molar-refractivity contribution in [3.63, 3.8) is 0 Å². The summed E-state index contributed by atoms with van der Waals surface area (Å²) in [5.74, 6) is -0.844. The van der Waals surface area contributed by atoms with Gasteiger partial charge in [-0.25, -0.2) is 9.18 Å². The number of methoxy groups -OCH3 is 1. The molecule has 5 heteroatoms. The fraction of sp³-hybridized carbons (Fsp3) is 0.0909.